The smallest absolute Gasteiger partial charge is 0.0158 e. The molecule has 0 saturated carbocycles. The lowest BCUT2D eigenvalue weighted by Crippen LogP contribution is -2.14. The first kappa shape index (κ1) is 32.3. The van der Waals surface area contributed by atoms with Gasteiger partial charge in [-0.15, -0.1) is 0 Å². The summed E-state index contributed by atoms with van der Waals surface area (Å²) in [5.74, 6) is 0. The van der Waals surface area contributed by atoms with Crippen LogP contribution in [0.2, 0.25) is 0 Å². The van der Waals surface area contributed by atoms with Crippen LogP contribution in [0.25, 0.3) is 110 Å². The first-order chi connectivity index (χ1) is 28.3. The van der Waals surface area contributed by atoms with Gasteiger partial charge in [-0.1, -0.05) is 167 Å². The van der Waals surface area contributed by atoms with E-state index in [1.807, 2.05) is 0 Å². The quantitative estimate of drug-likeness (QED) is 0.122. The monoisotopic (exact) mass is 736 g/mol. The molecule has 0 aliphatic heterocycles. The van der Waals surface area contributed by atoms with Gasteiger partial charge < -0.3 is 0 Å². The second kappa shape index (κ2) is 11.0. The van der Waals surface area contributed by atoms with Gasteiger partial charge in [0.25, 0.3) is 0 Å². The van der Waals surface area contributed by atoms with Crippen LogP contribution in [0.3, 0.4) is 0 Å². The van der Waals surface area contributed by atoms with E-state index in [1.165, 1.54) is 132 Å². The summed E-state index contributed by atoms with van der Waals surface area (Å²) < 4.78 is 0. The molecular formula is C58H40. The summed E-state index contributed by atoms with van der Waals surface area (Å²) in [6.45, 7) is 9.51. The number of hydrogen-bond acceptors (Lipinski definition) is 0. The molecule has 3 aliphatic carbocycles. The molecule has 0 amide bonds. The summed E-state index contributed by atoms with van der Waals surface area (Å²) in [5.41, 5.74) is 21.5. The Labute approximate surface area is 339 Å². The summed E-state index contributed by atoms with van der Waals surface area (Å²) in [5, 5.41) is 10.4. The van der Waals surface area contributed by atoms with Crippen molar-refractivity contribution in [2.45, 2.75) is 38.5 Å². The van der Waals surface area contributed by atoms with Gasteiger partial charge in [0.1, 0.15) is 0 Å². The third-order valence-electron chi connectivity index (χ3n) is 14.3. The molecular weight excluding hydrogens is 697 g/mol. The maximum absolute atomic E-state index is 2.52. The second-order valence-electron chi connectivity index (χ2n) is 18.0. The molecule has 13 rings (SSSR count). The van der Waals surface area contributed by atoms with Gasteiger partial charge in [-0.2, -0.15) is 0 Å². The molecule has 0 spiro atoms. The van der Waals surface area contributed by atoms with Crippen molar-refractivity contribution in [3.8, 4) is 66.8 Å². The molecule has 3 aliphatic rings. The molecule has 10 aromatic carbocycles. The zero-order valence-electron chi connectivity index (χ0n) is 33.2. The Morgan fingerprint density at radius 1 is 0.276 bits per heavy atom. The minimum Gasteiger partial charge on any atom is -0.0619 e. The Morgan fingerprint density at radius 3 is 1.31 bits per heavy atom. The average molecular weight is 737 g/mol. The van der Waals surface area contributed by atoms with Crippen LogP contribution in [-0.4, -0.2) is 0 Å². The standard InChI is InChI=1S/C58H40/c1-57(2)48-22-11-9-18-39(48)43-31-36(24-26-50(43)57)52-45-28-33-14-5-6-15-34(33)29-46(45)53(37-25-27-51-44(32-37)40-19-10-12-23-49(40)58(51,3)4)56-47-30-35-16-7-8-17-38(35)41-20-13-21-42(54(41)47)55(52)56/h5-32H,1-4H3. The summed E-state index contributed by atoms with van der Waals surface area (Å²) >= 11 is 0. The van der Waals surface area contributed by atoms with E-state index < -0.39 is 0 Å². The van der Waals surface area contributed by atoms with Crippen molar-refractivity contribution in [3.05, 3.63) is 192 Å². The molecule has 0 nitrogen and oxygen atoms in total. The normalized spacial score (nSPS) is 14.8. The number of hydrogen-bond donors (Lipinski definition) is 0. The molecule has 0 radical (unpaired) electrons. The van der Waals surface area contributed by atoms with E-state index in [4.69, 9.17) is 0 Å². The topological polar surface area (TPSA) is 0 Å². The Bertz CT molecular complexity index is 3500. The molecule has 0 unspecified atom stereocenters. The fraction of sp³-hybridized carbons (Fsp3) is 0.103. The first-order valence-electron chi connectivity index (χ1n) is 20.8. The maximum atomic E-state index is 2.52. The van der Waals surface area contributed by atoms with Crippen LogP contribution < -0.4 is 0 Å². The predicted octanol–water partition coefficient (Wildman–Crippen LogP) is 15.9. The molecule has 58 heavy (non-hydrogen) atoms. The Balaban J connectivity index is 1.22. The van der Waals surface area contributed by atoms with Crippen LogP contribution >= 0.6 is 0 Å². The van der Waals surface area contributed by atoms with Gasteiger partial charge in [-0.25, -0.2) is 0 Å². The predicted molar refractivity (Wildman–Crippen MR) is 247 cm³/mol. The fourth-order valence-corrected chi connectivity index (χ4v) is 11.6. The highest BCUT2D eigenvalue weighted by atomic mass is 14.4. The van der Waals surface area contributed by atoms with E-state index >= 15 is 0 Å². The van der Waals surface area contributed by atoms with Gasteiger partial charge in [-0.3, -0.25) is 0 Å². The molecule has 0 bridgehead atoms. The molecule has 0 aromatic heterocycles. The van der Waals surface area contributed by atoms with Crippen LogP contribution in [-0.2, 0) is 10.8 Å². The van der Waals surface area contributed by atoms with Crippen molar-refractivity contribution < 1.29 is 0 Å². The minimum absolute atomic E-state index is 0.0583. The molecule has 0 atom stereocenters. The van der Waals surface area contributed by atoms with Gasteiger partial charge in [0.05, 0.1) is 0 Å². The Morgan fingerprint density at radius 2 is 0.724 bits per heavy atom. The van der Waals surface area contributed by atoms with Crippen molar-refractivity contribution in [3.63, 3.8) is 0 Å². The highest BCUT2D eigenvalue weighted by Crippen LogP contribution is 2.61. The highest BCUT2D eigenvalue weighted by Gasteiger charge is 2.38. The number of rotatable bonds is 2. The average Bonchev–Trinajstić information content (AvgIpc) is 3.79. The largest absolute Gasteiger partial charge is 0.0619 e. The zero-order chi connectivity index (χ0) is 38.7. The molecule has 0 fully saturated rings. The van der Waals surface area contributed by atoms with Gasteiger partial charge >= 0.3 is 0 Å². The van der Waals surface area contributed by atoms with Gasteiger partial charge in [0.15, 0.2) is 0 Å². The summed E-state index contributed by atoms with van der Waals surface area (Å²) in [4.78, 5) is 0. The van der Waals surface area contributed by atoms with E-state index in [0.717, 1.165) is 0 Å². The third-order valence-corrected chi connectivity index (χ3v) is 14.3. The fourth-order valence-electron chi connectivity index (χ4n) is 11.6. The van der Waals surface area contributed by atoms with Gasteiger partial charge in [-0.05, 0) is 162 Å². The Hall–Kier alpha value is -6.76. The van der Waals surface area contributed by atoms with Crippen molar-refractivity contribution in [1.29, 1.82) is 0 Å². The molecule has 0 saturated heterocycles. The lowest BCUT2D eigenvalue weighted by Gasteiger charge is -2.24. The lowest BCUT2D eigenvalue weighted by molar-refractivity contribution is 0.660. The van der Waals surface area contributed by atoms with Crippen LogP contribution in [0.15, 0.2) is 170 Å². The van der Waals surface area contributed by atoms with E-state index in [1.54, 1.807) is 0 Å². The van der Waals surface area contributed by atoms with Crippen LogP contribution in [0.4, 0.5) is 0 Å². The van der Waals surface area contributed by atoms with E-state index in [9.17, 15) is 0 Å². The van der Waals surface area contributed by atoms with Crippen molar-refractivity contribution in [2.24, 2.45) is 0 Å². The van der Waals surface area contributed by atoms with Crippen molar-refractivity contribution in [2.75, 3.05) is 0 Å². The molecule has 10 aromatic rings. The minimum atomic E-state index is -0.0595. The van der Waals surface area contributed by atoms with E-state index in [2.05, 4.69) is 198 Å². The van der Waals surface area contributed by atoms with Crippen molar-refractivity contribution >= 4 is 43.1 Å². The Kier molecular flexibility index (Phi) is 6.13. The third kappa shape index (κ3) is 4.00. The van der Waals surface area contributed by atoms with Crippen LogP contribution in [0, 0.1) is 0 Å². The first-order valence-corrected chi connectivity index (χ1v) is 20.8. The van der Waals surface area contributed by atoms with E-state index in [-0.39, 0.29) is 10.8 Å². The van der Waals surface area contributed by atoms with Crippen LogP contribution in [0.5, 0.6) is 0 Å². The zero-order valence-corrected chi connectivity index (χ0v) is 33.2. The van der Waals surface area contributed by atoms with Gasteiger partial charge in [0, 0.05) is 10.8 Å². The van der Waals surface area contributed by atoms with E-state index in [0.29, 0.717) is 0 Å². The molecule has 272 valence electrons. The molecule has 0 heterocycles. The lowest BCUT2D eigenvalue weighted by atomic mass is 9.79. The second-order valence-corrected chi connectivity index (χ2v) is 18.0. The summed E-state index contributed by atoms with van der Waals surface area (Å²) in [7, 11) is 0. The SMILES string of the molecule is CC1(C)c2ccccc2-c2cc(-c3c4c(c(-c5ccc6c(c5)-c5ccccc5C6(C)C)c5cc6ccccc6cc35)-c3cc5ccccc5c5cccc-4c35)ccc21. The highest BCUT2D eigenvalue weighted by molar-refractivity contribution is 6.31. The number of fused-ring (bicyclic) bond motifs is 13. The van der Waals surface area contributed by atoms with Gasteiger partial charge in [0.2, 0.25) is 0 Å². The van der Waals surface area contributed by atoms with Crippen LogP contribution in [0.1, 0.15) is 49.9 Å². The molecule has 0 heteroatoms. The molecule has 0 N–H and O–H groups in total. The summed E-state index contributed by atoms with van der Waals surface area (Å²) in [6, 6.07) is 65.1. The summed E-state index contributed by atoms with van der Waals surface area (Å²) in [6.07, 6.45) is 0. The number of benzene rings is 10. The van der Waals surface area contributed by atoms with Crippen molar-refractivity contribution in [1.82, 2.24) is 0 Å². The maximum Gasteiger partial charge on any atom is 0.0158 e.